The van der Waals surface area contributed by atoms with Gasteiger partial charge in [-0.25, -0.2) is 0 Å². The van der Waals surface area contributed by atoms with Gasteiger partial charge in [-0.1, -0.05) is 6.92 Å². The zero-order chi connectivity index (χ0) is 12.8. The molecule has 17 heavy (non-hydrogen) atoms. The fourth-order valence-corrected chi connectivity index (χ4v) is 2.33. The maximum atomic E-state index is 11.2. The molecule has 5 nitrogen and oxygen atoms in total. The first kappa shape index (κ1) is 14.1. The van der Waals surface area contributed by atoms with Gasteiger partial charge in [-0.05, 0) is 22.0 Å². The van der Waals surface area contributed by atoms with Gasteiger partial charge in [0.25, 0.3) is 5.69 Å². The van der Waals surface area contributed by atoms with Crippen molar-refractivity contribution in [2.75, 3.05) is 23.4 Å². The van der Waals surface area contributed by atoms with Gasteiger partial charge in [0, 0.05) is 51.1 Å². The number of benzene rings is 1. The number of nitro groups is 1. The Hall–Kier alpha value is -0.950. The van der Waals surface area contributed by atoms with E-state index >= 15 is 0 Å². The zero-order valence-electron chi connectivity index (χ0n) is 9.31. The van der Waals surface area contributed by atoms with E-state index in [-0.39, 0.29) is 5.69 Å². The van der Waals surface area contributed by atoms with Crippen LogP contribution in [0.2, 0.25) is 0 Å². The molecule has 0 radical (unpaired) electrons. The molecule has 0 saturated heterocycles. The Morgan fingerprint density at radius 3 is 2.76 bits per heavy atom. The number of hydrogen-bond acceptors (Lipinski definition) is 4. The van der Waals surface area contributed by atoms with Gasteiger partial charge in [0.15, 0.2) is 0 Å². The molecular formula is C10H13BrN2O3S. The molecule has 0 aliphatic heterocycles. The van der Waals surface area contributed by atoms with E-state index in [4.69, 9.17) is 0 Å². The Bertz CT molecular complexity index is 440. The summed E-state index contributed by atoms with van der Waals surface area (Å²) in [6.07, 6.45) is 0. The Morgan fingerprint density at radius 1 is 1.53 bits per heavy atom. The smallest absolute Gasteiger partial charge is 0.270 e. The second-order valence-electron chi connectivity index (χ2n) is 3.28. The van der Waals surface area contributed by atoms with Crippen molar-refractivity contribution in [3.63, 3.8) is 0 Å². The molecule has 0 heterocycles. The first-order chi connectivity index (χ1) is 8.04. The third-order valence-corrected chi connectivity index (χ3v) is 4.09. The highest BCUT2D eigenvalue weighted by Gasteiger charge is 2.08. The molecule has 0 saturated carbocycles. The van der Waals surface area contributed by atoms with Gasteiger partial charge in [0.1, 0.15) is 0 Å². The summed E-state index contributed by atoms with van der Waals surface area (Å²) in [5, 5.41) is 13.6. The number of anilines is 1. The van der Waals surface area contributed by atoms with Crippen LogP contribution >= 0.6 is 15.9 Å². The van der Waals surface area contributed by atoms with Gasteiger partial charge in [-0.3, -0.25) is 14.3 Å². The van der Waals surface area contributed by atoms with Crippen LogP contribution in [-0.2, 0) is 10.8 Å². The summed E-state index contributed by atoms with van der Waals surface area (Å²) in [4.78, 5) is 10.1. The van der Waals surface area contributed by atoms with Gasteiger partial charge in [0.2, 0.25) is 0 Å². The van der Waals surface area contributed by atoms with Crippen LogP contribution in [0.4, 0.5) is 11.4 Å². The highest BCUT2D eigenvalue weighted by Crippen LogP contribution is 2.26. The molecule has 0 aliphatic rings. The average Bonchev–Trinajstić information content (AvgIpc) is 2.30. The molecular weight excluding hydrogens is 308 g/mol. The molecule has 1 unspecified atom stereocenters. The molecule has 0 amide bonds. The largest absolute Gasteiger partial charge is 0.383 e. The van der Waals surface area contributed by atoms with Crippen LogP contribution in [0.1, 0.15) is 6.92 Å². The van der Waals surface area contributed by atoms with Crippen LogP contribution < -0.4 is 5.32 Å². The van der Waals surface area contributed by atoms with Crippen molar-refractivity contribution in [3.05, 3.63) is 32.8 Å². The molecule has 1 aromatic rings. The summed E-state index contributed by atoms with van der Waals surface area (Å²) in [5.74, 6) is 1.21. The lowest BCUT2D eigenvalue weighted by molar-refractivity contribution is -0.384. The van der Waals surface area contributed by atoms with Crippen LogP contribution in [0.3, 0.4) is 0 Å². The Labute approximate surface area is 110 Å². The van der Waals surface area contributed by atoms with Gasteiger partial charge in [0.05, 0.1) is 4.92 Å². The molecule has 7 heteroatoms. The predicted molar refractivity (Wildman–Crippen MR) is 72.8 cm³/mol. The minimum Gasteiger partial charge on any atom is -0.383 e. The van der Waals surface area contributed by atoms with E-state index in [1.54, 1.807) is 6.07 Å². The maximum Gasteiger partial charge on any atom is 0.270 e. The van der Waals surface area contributed by atoms with Crippen molar-refractivity contribution in [2.24, 2.45) is 0 Å². The van der Waals surface area contributed by atoms with Crippen molar-refractivity contribution in [2.45, 2.75) is 6.92 Å². The highest BCUT2D eigenvalue weighted by molar-refractivity contribution is 9.10. The van der Waals surface area contributed by atoms with Gasteiger partial charge in [-0.2, -0.15) is 0 Å². The molecule has 0 spiro atoms. The summed E-state index contributed by atoms with van der Waals surface area (Å²) < 4.78 is 11.8. The number of nitro benzene ring substituents is 1. The number of nitrogens with one attached hydrogen (secondary N) is 1. The third-order valence-electron chi connectivity index (χ3n) is 2.13. The van der Waals surface area contributed by atoms with Crippen LogP contribution in [-0.4, -0.2) is 27.2 Å². The topological polar surface area (TPSA) is 72.2 Å². The van der Waals surface area contributed by atoms with Crippen LogP contribution in [0.5, 0.6) is 0 Å². The third kappa shape index (κ3) is 4.43. The molecule has 0 bridgehead atoms. The minimum absolute atomic E-state index is 0.0413. The second kappa shape index (κ2) is 6.70. The lowest BCUT2D eigenvalue weighted by Crippen LogP contribution is -2.12. The monoisotopic (exact) mass is 320 g/mol. The van der Waals surface area contributed by atoms with Crippen molar-refractivity contribution in [3.8, 4) is 0 Å². The zero-order valence-corrected chi connectivity index (χ0v) is 11.7. The fraction of sp³-hybridized carbons (Fsp3) is 0.400. The number of rotatable bonds is 6. The quantitative estimate of drug-likeness (QED) is 0.645. The number of halogens is 1. The first-order valence-corrected chi connectivity index (χ1v) is 7.35. The van der Waals surface area contributed by atoms with E-state index in [1.165, 1.54) is 12.1 Å². The van der Waals surface area contributed by atoms with Crippen LogP contribution in [0, 0.1) is 10.1 Å². The lowest BCUT2D eigenvalue weighted by Gasteiger charge is -2.07. The van der Waals surface area contributed by atoms with Gasteiger partial charge >= 0.3 is 0 Å². The molecule has 0 aliphatic carbocycles. The molecule has 0 aromatic heterocycles. The van der Waals surface area contributed by atoms with Crippen molar-refractivity contribution < 1.29 is 9.13 Å². The summed E-state index contributed by atoms with van der Waals surface area (Å²) in [6, 6.07) is 4.51. The second-order valence-corrected chi connectivity index (χ2v) is 6.00. The van der Waals surface area contributed by atoms with Crippen molar-refractivity contribution >= 4 is 38.1 Å². The van der Waals surface area contributed by atoms with Gasteiger partial charge < -0.3 is 5.32 Å². The van der Waals surface area contributed by atoms with E-state index in [1.807, 2.05) is 6.92 Å². The molecule has 1 rings (SSSR count). The Kier molecular flexibility index (Phi) is 5.57. The van der Waals surface area contributed by atoms with Crippen molar-refractivity contribution in [1.29, 1.82) is 0 Å². The maximum absolute atomic E-state index is 11.2. The van der Waals surface area contributed by atoms with Crippen LogP contribution in [0.25, 0.3) is 0 Å². The molecule has 0 fully saturated rings. The SMILES string of the molecule is CCS(=O)CCNc1ccc([N+](=O)[O-])cc1Br. The standard InChI is InChI=1S/C10H13BrN2O3S/c1-2-17(16)6-5-12-10-4-3-8(13(14)15)7-9(10)11/h3-4,7,12H,2,5-6H2,1H3. The fourth-order valence-electron chi connectivity index (χ4n) is 1.20. The van der Waals surface area contributed by atoms with Crippen LogP contribution in [0.15, 0.2) is 22.7 Å². The van der Waals surface area contributed by atoms with E-state index in [0.29, 0.717) is 22.5 Å². The van der Waals surface area contributed by atoms with Crippen molar-refractivity contribution in [1.82, 2.24) is 0 Å². The summed E-state index contributed by atoms with van der Waals surface area (Å²) >= 11 is 3.26. The summed E-state index contributed by atoms with van der Waals surface area (Å²) in [5.41, 5.74) is 0.809. The van der Waals surface area contributed by atoms with E-state index in [0.717, 1.165) is 5.69 Å². The molecule has 1 atom stereocenters. The molecule has 1 aromatic carbocycles. The average molecular weight is 321 g/mol. The lowest BCUT2D eigenvalue weighted by atomic mass is 10.3. The summed E-state index contributed by atoms with van der Waals surface area (Å²) in [6.45, 7) is 2.45. The normalized spacial score (nSPS) is 12.1. The highest BCUT2D eigenvalue weighted by atomic mass is 79.9. The number of hydrogen-bond donors (Lipinski definition) is 1. The summed E-state index contributed by atoms with van der Waals surface area (Å²) in [7, 11) is -0.805. The van der Waals surface area contributed by atoms with E-state index in [9.17, 15) is 14.3 Å². The first-order valence-electron chi connectivity index (χ1n) is 5.07. The number of nitrogens with zero attached hydrogens (tertiary/aromatic N) is 1. The minimum atomic E-state index is -0.805. The molecule has 94 valence electrons. The molecule has 1 N–H and O–H groups in total. The van der Waals surface area contributed by atoms with E-state index < -0.39 is 15.7 Å². The predicted octanol–water partition coefficient (Wildman–Crippen LogP) is 2.54. The Morgan fingerprint density at radius 2 is 2.24 bits per heavy atom. The van der Waals surface area contributed by atoms with Gasteiger partial charge in [-0.15, -0.1) is 0 Å². The van der Waals surface area contributed by atoms with E-state index in [2.05, 4.69) is 21.2 Å². The number of non-ortho nitro benzene ring substituents is 1. The Balaban J connectivity index is 2.60.